The summed E-state index contributed by atoms with van der Waals surface area (Å²) in [6, 6.07) is 3.81. The number of fused-ring (bicyclic) bond motifs is 1. The number of hydrogen-bond acceptors (Lipinski definition) is 5. The highest BCUT2D eigenvalue weighted by atomic mass is 79.9. The van der Waals surface area contributed by atoms with Gasteiger partial charge in [0.2, 0.25) is 0 Å². The number of nitrogens with one attached hydrogen (secondary N) is 2. The average molecular weight is 402 g/mol. The molecule has 2 N–H and O–H groups in total. The molecule has 132 valence electrons. The SMILES string of the molecule is CCOC(=O)NC(=O)C[NH+](CC)Cc1cc2c(cc1Br)OCCO2. The topological polar surface area (TPSA) is 78.3 Å². The monoisotopic (exact) mass is 401 g/mol. The highest BCUT2D eigenvalue weighted by Gasteiger charge is 2.20. The van der Waals surface area contributed by atoms with Crippen molar-refractivity contribution in [2.75, 3.05) is 32.9 Å². The summed E-state index contributed by atoms with van der Waals surface area (Å²) >= 11 is 3.54. The Bertz CT molecular complexity index is 608. The van der Waals surface area contributed by atoms with Gasteiger partial charge in [-0.2, -0.15) is 0 Å². The van der Waals surface area contributed by atoms with Crippen LogP contribution in [-0.4, -0.2) is 44.9 Å². The van der Waals surface area contributed by atoms with Crippen LogP contribution in [0.5, 0.6) is 11.5 Å². The van der Waals surface area contributed by atoms with Crippen LogP contribution < -0.4 is 19.7 Å². The number of carbonyl (C=O) groups is 2. The van der Waals surface area contributed by atoms with E-state index in [9.17, 15) is 9.59 Å². The van der Waals surface area contributed by atoms with Crippen LogP contribution in [0.3, 0.4) is 0 Å². The molecular weight excluding hydrogens is 380 g/mol. The number of likely N-dealkylation sites (N-methyl/N-ethyl adjacent to an activating group) is 1. The zero-order valence-corrected chi connectivity index (χ0v) is 15.4. The maximum absolute atomic E-state index is 11.9. The van der Waals surface area contributed by atoms with Gasteiger partial charge in [0.05, 0.1) is 13.2 Å². The van der Waals surface area contributed by atoms with Crippen molar-refractivity contribution in [1.82, 2.24) is 5.32 Å². The van der Waals surface area contributed by atoms with Crippen LogP contribution in [0.4, 0.5) is 4.79 Å². The van der Waals surface area contributed by atoms with E-state index in [1.54, 1.807) is 6.92 Å². The zero-order chi connectivity index (χ0) is 17.5. The summed E-state index contributed by atoms with van der Waals surface area (Å²) < 4.78 is 16.8. The standard InChI is InChI=1S/C16H21BrN2O5/c1-3-19(10-15(20)18-16(21)22-4-2)9-11-7-13-14(8-12(11)17)24-6-5-23-13/h7-8H,3-6,9-10H2,1-2H3,(H,18,20,21)/p+1. The molecule has 2 amide bonds. The van der Waals surface area contributed by atoms with Crippen LogP contribution in [-0.2, 0) is 16.1 Å². The molecule has 8 heteroatoms. The minimum Gasteiger partial charge on any atom is -0.486 e. The predicted molar refractivity (Wildman–Crippen MR) is 90.4 cm³/mol. The molecule has 0 spiro atoms. The molecule has 24 heavy (non-hydrogen) atoms. The van der Waals surface area contributed by atoms with Gasteiger partial charge in [-0.25, -0.2) is 4.79 Å². The van der Waals surface area contributed by atoms with Crippen molar-refractivity contribution >= 4 is 27.9 Å². The smallest absolute Gasteiger partial charge is 0.414 e. The number of imide groups is 1. The van der Waals surface area contributed by atoms with E-state index in [4.69, 9.17) is 14.2 Å². The molecule has 7 nitrogen and oxygen atoms in total. The first kappa shape index (κ1) is 18.5. The minimum absolute atomic E-state index is 0.177. The highest BCUT2D eigenvalue weighted by molar-refractivity contribution is 9.10. The molecule has 1 heterocycles. The number of hydrogen-bond donors (Lipinski definition) is 2. The Kier molecular flexibility index (Phi) is 6.86. The molecule has 0 aromatic heterocycles. The predicted octanol–water partition coefficient (Wildman–Crippen LogP) is 0.898. The largest absolute Gasteiger partial charge is 0.486 e. The van der Waals surface area contributed by atoms with E-state index in [1.165, 1.54) is 0 Å². The molecule has 0 bridgehead atoms. The number of halogens is 1. The fraction of sp³-hybridized carbons (Fsp3) is 0.500. The molecular formula is C16H22BrN2O5+. The Hall–Kier alpha value is -1.80. The van der Waals surface area contributed by atoms with Crippen molar-refractivity contribution in [2.24, 2.45) is 0 Å². The minimum atomic E-state index is -0.710. The Balaban J connectivity index is 1.99. The third-order valence-electron chi connectivity index (χ3n) is 3.58. The molecule has 0 radical (unpaired) electrons. The second kappa shape index (κ2) is 8.89. The van der Waals surface area contributed by atoms with Crippen molar-refractivity contribution in [2.45, 2.75) is 20.4 Å². The molecule has 0 fully saturated rings. The lowest BCUT2D eigenvalue weighted by molar-refractivity contribution is -0.904. The van der Waals surface area contributed by atoms with Crippen LogP contribution in [0.15, 0.2) is 16.6 Å². The molecule has 0 saturated carbocycles. The van der Waals surface area contributed by atoms with E-state index in [2.05, 4.69) is 21.2 Å². The van der Waals surface area contributed by atoms with Gasteiger partial charge in [0.25, 0.3) is 5.91 Å². The van der Waals surface area contributed by atoms with E-state index in [-0.39, 0.29) is 19.1 Å². The molecule has 1 aromatic rings. The van der Waals surface area contributed by atoms with E-state index in [0.29, 0.717) is 25.5 Å². The average Bonchev–Trinajstić information content (AvgIpc) is 2.54. The van der Waals surface area contributed by atoms with Crippen molar-refractivity contribution < 1.29 is 28.7 Å². The zero-order valence-electron chi connectivity index (χ0n) is 13.8. The van der Waals surface area contributed by atoms with Crippen molar-refractivity contribution in [3.05, 3.63) is 22.2 Å². The number of ether oxygens (including phenoxy) is 3. The first-order valence-corrected chi connectivity index (χ1v) is 8.71. The first-order valence-electron chi connectivity index (χ1n) is 7.91. The maximum atomic E-state index is 11.9. The molecule has 1 unspecified atom stereocenters. The number of alkyl carbamates (subject to hydrolysis) is 1. The lowest BCUT2D eigenvalue weighted by atomic mass is 10.1. The molecule has 1 atom stereocenters. The normalized spacial score (nSPS) is 14.0. The van der Waals surface area contributed by atoms with E-state index in [1.807, 2.05) is 19.1 Å². The van der Waals surface area contributed by atoms with Crippen LogP contribution in [0.2, 0.25) is 0 Å². The Morgan fingerprint density at radius 3 is 2.54 bits per heavy atom. The lowest BCUT2D eigenvalue weighted by Crippen LogP contribution is -3.11. The Morgan fingerprint density at radius 1 is 1.25 bits per heavy atom. The maximum Gasteiger partial charge on any atom is 0.414 e. The molecule has 1 aliphatic heterocycles. The van der Waals surface area contributed by atoms with Crippen molar-refractivity contribution in [1.29, 1.82) is 0 Å². The number of amides is 2. The van der Waals surface area contributed by atoms with Gasteiger partial charge in [-0.1, -0.05) is 15.9 Å². The van der Waals surface area contributed by atoms with Gasteiger partial charge in [-0.15, -0.1) is 0 Å². The van der Waals surface area contributed by atoms with Crippen LogP contribution in [0.1, 0.15) is 19.4 Å². The Morgan fingerprint density at radius 2 is 1.92 bits per heavy atom. The van der Waals surface area contributed by atoms with Crippen LogP contribution in [0.25, 0.3) is 0 Å². The fourth-order valence-electron chi connectivity index (χ4n) is 2.38. The molecule has 2 rings (SSSR count). The summed E-state index contributed by atoms with van der Waals surface area (Å²) in [7, 11) is 0. The van der Waals surface area contributed by atoms with E-state index >= 15 is 0 Å². The van der Waals surface area contributed by atoms with Gasteiger partial charge in [0.1, 0.15) is 19.8 Å². The highest BCUT2D eigenvalue weighted by Crippen LogP contribution is 2.35. The number of carbonyl (C=O) groups excluding carboxylic acids is 2. The number of benzene rings is 1. The molecule has 1 aromatic carbocycles. The summed E-state index contributed by atoms with van der Waals surface area (Å²) in [5, 5.41) is 2.22. The van der Waals surface area contributed by atoms with Gasteiger partial charge in [0.15, 0.2) is 18.0 Å². The third kappa shape index (κ3) is 5.10. The molecule has 0 saturated heterocycles. The van der Waals surface area contributed by atoms with Gasteiger partial charge < -0.3 is 19.1 Å². The summed E-state index contributed by atoms with van der Waals surface area (Å²) in [5.41, 5.74) is 1.01. The third-order valence-corrected chi connectivity index (χ3v) is 4.32. The summed E-state index contributed by atoms with van der Waals surface area (Å²) in [6.45, 7) is 6.50. The number of rotatable bonds is 6. The van der Waals surface area contributed by atoms with Gasteiger partial charge in [-0.05, 0) is 26.0 Å². The Labute approximate surface area is 149 Å². The van der Waals surface area contributed by atoms with Crippen molar-refractivity contribution in [3.8, 4) is 11.5 Å². The van der Waals surface area contributed by atoms with Gasteiger partial charge >= 0.3 is 6.09 Å². The lowest BCUT2D eigenvalue weighted by Gasteiger charge is -2.22. The quantitative estimate of drug-likeness (QED) is 0.740. The van der Waals surface area contributed by atoms with E-state index in [0.717, 1.165) is 27.2 Å². The summed E-state index contributed by atoms with van der Waals surface area (Å²) in [5.74, 6) is 1.07. The van der Waals surface area contributed by atoms with Gasteiger partial charge in [-0.3, -0.25) is 10.1 Å². The first-order chi connectivity index (χ1) is 11.5. The molecule has 1 aliphatic rings. The second-order valence-electron chi connectivity index (χ2n) is 5.31. The van der Waals surface area contributed by atoms with Gasteiger partial charge in [0, 0.05) is 10.0 Å². The van der Waals surface area contributed by atoms with Crippen molar-refractivity contribution in [3.63, 3.8) is 0 Å². The van der Waals surface area contributed by atoms with E-state index < -0.39 is 6.09 Å². The molecule has 0 aliphatic carbocycles. The summed E-state index contributed by atoms with van der Waals surface area (Å²) in [6.07, 6.45) is -0.710. The van der Waals surface area contributed by atoms with Crippen LogP contribution in [0, 0.1) is 0 Å². The fourth-order valence-corrected chi connectivity index (χ4v) is 2.84. The van der Waals surface area contributed by atoms with Crippen LogP contribution >= 0.6 is 15.9 Å². The summed E-state index contributed by atoms with van der Waals surface area (Å²) in [4.78, 5) is 24.2. The number of quaternary nitrogens is 1. The second-order valence-corrected chi connectivity index (χ2v) is 6.17.